The van der Waals surface area contributed by atoms with Gasteiger partial charge < -0.3 is 19.9 Å². The maximum atomic E-state index is 11.9. The minimum Gasteiger partial charge on any atom is -0.496 e. The van der Waals surface area contributed by atoms with E-state index < -0.39 is 12.0 Å². The molecule has 3 aromatic rings. The standard InChI is InChI=1S/C24H21Cl2NO4S/c1-30-19-7-4-8-20(31-2)21(19)15-11-9-14(10-12-15)13-18(24(28)29)27-23(32)22-16(25)5-3-6-17(22)26/h3-12,18H,13H2,1-2H3,(H,27,32)(H,28,29)/t18-/m0/s1. The molecule has 2 N–H and O–H groups in total. The number of carboxylic acid groups (broad SMARTS) is 1. The van der Waals surface area contributed by atoms with Gasteiger partial charge >= 0.3 is 5.97 Å². The van der Waals surface area contributed by atoms with Gasteiger partial charge in [-0.25, -0.2) is 4.79 Å². The van der Waals surface area contributed by atoms with Gasteiger partial charge in [-0.1, -0.05) is 71.8 Å². The number of nitrogens with one attached hydrogen (secondary N) is 1. The molecule has 0 bridgehead atoms. The summed E-state index contributed by atoms with van der Waals surface area (Å²) in [6.07, 6.45) is 0.209. The lowest BCUT2D eigenvalue weighted by atomic mass is 9.99. The van der Waals surface area contributed by atoms with Gasteiger partial charge in [-0.3, -0.25) is 0 Å². The highest BCUT2D eigenvalue weighted by molar-refractivity contribution is 7.80. The second-order valence-electron chi connectivity index (χ2n) is 6.90. The number of benzene rings is 3. The highest BCUT2D eigenvalue weighted by Gasteiger charge is 2.22. The monoisotopic (exact) mass is 489 g/mol. The number of aliphatic carboxylic acids is 1. The highest BCUT2D eigenvalue weighted by atomic mass is 35.5. The first kappa shape index (κ1) is 23.9. The van der Waals surface area contributed by atoms with E-state index in [0.29, 0.717) is 27.1 Å². The third-order valence-electron chi connectivity index (χ3n) is 4.90. The number of carboxylic acids is 1. The molecule has 0 aliphatic heterocycles. The molecule has 0 amide bonds. The third-order valence-corrected chi connectivity index (χ3v) is 5.86. The molecule has 32 heavy (non-hydrogen) atoms. The fourth-order valence-electron chi connectivity index (χ4n) is 3.32. The molecule has 3 aromatic carbocycles. The van der Waals surface area contributed by atoms with E-state index in [4.69, 9.17) is 44.9 Å². The minimum atomic E-state index is -1.04. The van der Waals surface area contributed by atoms with Crippen LogP contribution in [-0.2, 0) is 11.2 Å². The summed E-state index contributed by atoms with van der Waals surface area (Å²) in [5, 5.41) is 13.3. The quantitative estimate of drug-likeness (QED) is 0.399. The first-order valence-electron chi connectivity index (χ1n) is 9.63. The molecule has 0 aliphatic rings. The lowest BCUT2D eigenvalue weighted by molar-refractivity contribution is -0.139. The molecule has 3 rings (SSSR count). The largest absolute Gasteiger partial charge is 0.496 e. The maximum absolute atomic E-state index is 11.9. The van der Waals surface area contributed by atoms with Crippen LogP contribution in [0.25, 0.3) is 11.1 Å². The molecule has 166 valence electrons. The van der Waals surface area contributed by atoms with Crippen LogP contribution in [0, 0.1) is 0 Å². The Kier molecular flexibility index (Phi) is 7.96. The second-order valence-corrected chi connectivity index (χ2v) is 8.12. The SMILES string of the molecule is COc1cccc(OC)c1-c1ccc(C[C@H](NC(=S)c2c(Cl)cccc2Cl)C(=O)O)cc1. The van der Waals surface area contributed by atoms with Crippen LogP contribution >= 0.6 is 35.4 Å². The van der Waals surface area contributed by atoms with Gasteiger partial charge in [-0.15, -0.1) is 0 Å². The van der Waals surface area contributed by atoms with E-state index in [-0.39, 0.29) is 11.4 Å². The Labute approximate surface area is 201 Å². The van der Waals surface area contributed by atoms with Crippen LogP contribution in [-0.4, -0.2) is 36.3 Å². The molecule has 1 atom stereocenters. The molecule has 5 nitrogen and oxygen atoms in total. The number of methoxy groups -OCH3 is 2. The number of halogens is 2. The number of rotatable bonds is 8. The van der Waals surface area contributed by atoms with E-state index in [1.807, 2.05) is 42.5 Å². The van der Waals surface area contributed by atoms with Crippen LogP contribution in [0.4, 0.5) is 0 Å². The predicted octanol–water partition coefficient (Wildman–Crippen LogP) is 5.64. The van der Waals surface area contributed by atoms with Gasteiger partial charge in [-0.05, 0) is 35.4 Å². The van der Waals surface area contributed by atoms with Gasteiger partial charge in [0, 0.05) is 12.0 Å². The van der Waals surface area contributed by atoms with Crippen LogP contribution < -0.4 is 14.8 Å². The van der Waals surface area contributed by atoms with Crippen molar-refractivity contribution < 1.29 is 19.4 Å². The predicted molar refractivity (Wildman–Crippen MR) is 131 cm³/mol. The van der Waals surface area contributed by atoms with E-state index in [1.165, 1.54) is 0 Å². The fourth-order valence-corrected chi connectivity index (χ4v) is 4.38. The summed E-state index contributed by atoms with van der Waals surface area (Å²) in [5.74, 6) is 0.333. The molecule has 0 unspecified atom stereocenters. The summed E-state index contributed by atoms with van der Waals surface area (Å²) in [6, 6.07) is 17.1. The Morgan fingerprint density at radius 3 is 2.00 bits per heavy atom. The van der Waals surface area contributed by atoms with E-state index in [9.17, 15) is 9.90 Å². The van der Waals surface area contributed by atoms with Crippen LogP contribution in [0.2, 0.25) is 10.0 Å². The van der Waals surface area contributed by atoms with Crippen molar-refractivity contribution in [1.82, 2.24) is 5.32 Å². The zero-order valence-electron chi connectivity index (χ0n) is 17.4. The third kappa shape index (κ3) is 5.33. The minimum absolute atomic E-state index is 0.184. The summed E-state index contributed by atoms with van der Waals surface area (Å²) in [5.41, 5.74) is 2.94. The van der Waals surface area contributed by atoms with Crippen molar-refractivity contribution in [1.29, 1.82) is 0 Å². The van der Waals surface area contributed by atoms with Gasteiger partial charge in [0.15, 0.2) is 0 Å². The molecule has 0 aliphatic carbocycles. The first-order valence-corrected chi connectivity index (χ1v) is 10.8. The zero-order valence-corrected chi connectivity index (χ0v) is 19.7. The van der Waals surface area contributed by atoms with Crippen molar-refractivity contribution in [3.63, 3.8) is 0 Å². The van der Waals surface area contributed by atoms with Crippen LogP contribution in [0.1, 0.15) is 11.1 Å². The number of ether oxygens (including phenoxy) is 2. The van der Waals surface area contributed by atoms with Crippen LogP contribution in [0.5, 0.6) is 11.5 Å². The van der Waals surface area contributed by atoms with E-state index in [2.05, 4.69) is 5.32 Å². The number of thiocarbonyl (C=S) groups is 1. The number of hydrogen-bond donors (Lipinski definition) is 2. The lowest BCUT2D eigenvalue weighted by Crippen LogP contribution is -2.42. The topological polar surface area (TPSA) is 67.8 Å². The Morgan fingerprint density at radius 2 is 1.50 bits per heavy atom. The first-order chi connectivity index (χ1) is 15.3. The van der Waals surface area contributed by atoms with Crippen molar-refractivity contribution in [2.75, 3.05) is 14.2 Å². The molecule has 0 radical (unpaired) electrons. The Bertz CT molecular complexity index is 1090. The van der Waals surface area contributed by atoms with Gasteiger partial charge in [0.05, 0.1) is 29.8 Å². The lowest BCUT2D eigenvalue weighted by Gasteiger charge is -2.18. The zero-order chi connectivity index (χ0) is 23.3. The number of carbonyl (C=O) groups is 1. The molecule has 0 heterocycles. The van der Waals surface area contributed by atoms with Crippen molar-refractivity contribution in [2.45, 2.75) is 12.5 Å². The average Bonchev–Trinajstić information content (AvgIpc) is 2.78. The van der Waals surface area contributed by atoms with E-state index in [0.717, 1.165) is 16.7 Å². The summed E-state index contributed by atoms with van der Waals surface area (Å²) < 4.78 is 10.9. The molecule has 0 fully saturated rings. The Balaban J connectivity index is 1.82. The van der Waals surface area contributed by atoms with Gasteiger partial charge in [0.2, 0.25) is 0 Å². The summed E-state index contributed by atoms with van der Waals surface area (Å²) in [6.45, 7) is 0. The normalized spacial score (nSPS) is 11.5. The van der Waals surface area contributed by atoms with Gasteiger partial charge in [0.1, 0.15) is 22.5 Å². The van der Waals surface area contributed by atoms with Crippen molar-refractivity contribution in [2.24, 2.45) is 0 Å². The molecule has 0 saturated heterocycles. The Hall–Kier alpha value is -2.80. The van der Waals surface area contributed by atoms with Gasteiger partial charge in [0.25, 0.3) is 0 Å². The van der Waals surface area contributed by atoms with E-state index in [1.54, 1.807) is 32.4 Å². The summed E-state index contributed by atoms with van der Waals surface area (Å²) in [4.78, 5) is 12.1. The smallest absolute Gasteiger partial charge is 0.326 e. The van der Waals surface area contributed by atoms with Crippen LogP contribution in [0.3, 0.4) is 0 Å². The summed E-state index contributed by atoms with van der Waals surface area (Å²) in [7, 11) is 3.20. The molecule has 0 spiro atoms. The molecule has 0 aromatic heterocycles. The fraction of sp³-hybridized carbons (Fsp3) is 0.167. The average molecular weight is 490 g/mol. The van der Waals surface area contributed by atoms with Crippen molar-refractivity contribution >= 4 is 46.4 Å². The molecular formula is C24H21Cl2NO4S. The molecule has 8 heteroatoms. The highest BCUT2D eigenvalue weighted by Crippen LogP contribution is 2.38. The van der Waals surface area contributed by atoms with Crippen molar-refractivity contribution in [3.8, 4) is 22.6 Å². The van der Waals surface area contributed by atoms with Gasteiger partial charge in [-0.2, -0.15) is 0 Å². The van der Waals surface area contributed by atoms with Crippen LogP contribution in [0.15, 0.2) is 60.7 Å². The summed E-state index contributed by atoms with van der Waals surface area (Å²) >= 11 is 17.8. The van der Waals surface area contributed by atoms with E-state index >= 15 is 0 Å². The van der Waals surface area contributed by atoms with Crippen molar-refractivity contribution in [3.05, 3.63) is 81.8 Å². The second kappa shape index (κ2) is 10.7. The maximum Gasteiger partial charge on any atom is 0.326 e. The molecule has 0 saturated carbocycles. The molecular weight excluding hydrogens is 469 g/mol. The Morgan fingerprint density at radius 1 is 0.969 bits per heavy atom. The number of hydrogen-bond acceptors (Lipinski definition) is 4.